The fourth-order valence-corrected chi connectivity index (χ4v) is 3.19. The van der Waals surface area contributed by atoms with Crippen LogP contribution in [0.15, 0.2) is 53.5 Å². The molecule has 112 valence electrons. The zero-order valence-corrected chi connectivity index (χ0v) is 12.8. The Hall–Kier alpha value is -2.13. The van der Waals surface area contributed by atoms with Gasteiger partial charge in [-0.25, -0.2) is 0 Å². The molecule has 0 amide bonds. The summed E-state index contributed by atoms with van der Waals surface area (Å²) in [6, 6.07) is 16.8. The minimum Gasteiger partial charge on any atom is -0.324 e. The molecule has 0 aromatic heterocycles. The molecule has 0 spiro atoms. The molecule has 4 rings (SSSR count). The number of hydrogen-bond acceptors (Lipinski definition) is 3. The van der Waals surface area contributed by atoms with E-state index in [-0.39, 0.29) is 12.2 Å². The van der Waals surface area contributed by atoms with Gasteiger partial charge in [-0.3, -0.25) is 4.99 Å². The van der Waals surface area contributed by atoms with E-state index in [1.807, 2.05) is 6.07 Å². The van der Waals surface area contributed by atoms with Crippen molar-refractivity contribution < 1.29 is 0 Å². The van der Waals surface area contributed by atoms with Crippen LogP contribution < -0.4 is 21.2 Å². The van der Waals surface area contributed by atoms with Gasteiger partial charge >= 0.3 is 0 Å². The molecule has 1 aliphatic heterocycles. The van der Waals surface area contributed by atoms with Gasteiger partial charge in [-0.05, 0) is 49.4 Å². The van der Waals surface area contributed by atoms with Crippen molar-refractivity contribution in [1.82, 2.24) is 0 Å². The predicted octanol–water partition coefficient (Wildman–Crippen LogP) is 1.94. The van der Waals surface area contributed by atoms with Crippen LogP contribution in [0.1, 0.15) is 18.4 Å². The van der Waals surface area contributed by atoms with Crippen molar-refractivity contribution in [1.29, 1.82) is 0 Å². The number of nitrogens with zero attached hydrogens (tertiary/aromatic N) is 2. The zero-order valence-electron chi connectivity index (χ0n) is 12.8. The van der Waals surface area contributed by atoms with Crippen molar-refractivity contribution in [2.24, 2.45) is 16.6 Å². The maximum absolute atomic E-state index is 6.52. The van der Waals surface area contributed by atoms with Gasteiger partial charge in [0.15, 0.2) is 0 Å². The smallest absolute Gasteiger partial charge is 0.141 e. The van der Waals surface area contributed by atoms with Crippen LogP contribution in [0, 0.1) is 12.8 Å². The number of rotatable bonds is 3. The van der Waals surface area contributed by atoms with Crippen LogP contribution in [-0.4, -0.2) is 12.2 Å². The SMILES string of the molecule is Cc1cccc2c1=CN(c1ccccc1)[C@H](C(N)C1CC1)N=2. The standard InChI is InChI=1S/C19H21N3/c1-13-6-5-9-17-16(13)12-22(15-7-3-2-4-8-15)19(21-17)18(20)14-10-11-14/h2-9,12,14,18-19H,10-11,20H2,1H3/t18?,19-/m1/s1. The molecule has 0 saturated heterocycles. The Morgan fingerprint density at radius 3 is 2.59 bits per heavy atom. The first-order valence-electron chi connectivity index (χ1n) is 7.98. The number of para-hydroxylation sites is 1. The average Bonchev–Trinajstić information content (AvgIpc) is 3.39. The first-order valence-corrected chi connectivity index (χ1v) is 7.98. The maximum Gasteiger partial charge on any atom is 0.141 e. The Bertz CT molecular complexity index is 793. The van der Waals surface area contributed by atoms with Crippen molar-refractivity contribution in [3.05, 3.63) is 64.7 Å². The number of nitrogens with two attached hydrogens (primary N) is 1. The van der Waals surface area contributed by atoms with Gasteiger partial charge in [0.2, 0.25) is 0 Å². The second-order valence-electron chi connectivity index (χ2n) is 6.34. The molecule has 1 saturated carbocycles. The van der Waals surface area contributed by atoms with Gasteiger partial charge in [0, 0.05) is 23.1 Å². The first-order chi connectivity index (χ1) is 10.7. The number of hydrogen-bond donors (Lipinski definition) is 1. The van der Waals surface area contributed by atoms with E-state index in [0.29, 0.717) is 5.92 Å². The highest BCUT2D eigenvalue weighted by molar-refractivity contribution is 5.61. The van der Waals surface area contributed by atoms with E-state index in [9.17, 15) is 0 Å². The van der Waals surface area contributed by atoms with E-state index < -0.39 is 0 Å². The molecule has 2 N–H and O–H groups in total. The first kappa shape index (κ1) is 13.5. The van der Waals surface area contributed by atoms with Crippen molar-refractivity contribution in [3.63, 3.8) is 0 Å². The van der Waals surface area contributed by atoms with E-state index in [4.69, 9.17) is 10.7 Å². The zero-order chi connectivity index (χ0) is 15.1. The summed E-state index contributed by atoms with van der Waals surface area (Å²) in [4.78, 5) is 7.24. The molecule has 22 heavy (non-hydrogen) atoms. The molecule has 0 bridgehead atoms. The Morgan fingerprint density at radius 2 is 1.86 bits per heavy atom. The van der Waals surface area contributed by atoms with Crippen LogP contribution >= 0.6 is 0 Å². The predicted molar refractivity (Wildman–Crippen MR) is 89.8 cm³/mol. The molecule has 3 heteroatoms. The fraction of sp³-hybridized carbons (Fsp3) is 0.316. The Labute approximate surface area is 130 Å². The molecule has 1 fully saturated rings. The number of anilines is 1. The molecule has 0 radical (unpaired) electrons. The van der Waals surface area contributed by atoms with Crippen molar-refractivity contribution in [2.45, 2.75) is 32.0 Å². The Kier molecular flexibility index (Phi) is 3.23. The summed E-state index contributed by atoms with van der Waals surface area (Å²) in [5, 5.41) is 2.26. The van der Waals surface area contributed by atoms with Crippen molar-refractivity contribution in [2.75, 3.05) is 4.90 Å². The van der Waals surface area contributed by atoms with E-state index in [1.165, 1.54) is 23.6 Å². The van der Waals surface area contributed by atoms with Gasteiger partial charge in [0.05, 0.1) is 5.36 Å². The molecule has 1 unspecified atom stereocenters. The summed E-state index contributed by atoms with van der Waals surface area (Å²) in [6.45, 7) is 2.13. The minimum absolute atomic E-state index is 0.0100. The fourth-order valence-electron chi connectivity index (χ4n) is 3.19. The van der Waals surface area contributed by atoms with Crippen molar-refractivity contribution >= 4 is 11.9 Å². The largest absolute Gasteiger partial charge is 0.324 e. The lowest BCUT2D eigenvalue weighted by Gasteiger charge is -2.34. The van der Waals surface area contributed by atoms with Gasteiger partial charge in [-0.15, -0.1) is 0 Å². The lowest BCUT2D eigenvalue weighted by atomic mass is 10.1. The van der Waals surface area contributed by atoms with Gasteiger partial charge < -0.3 is 10.6 Å². The lowest BCUT2D eigenvalue weighted by molar-refractivity contribution is 0.477. The van der Waals surface area contributed by atoms with Crippen LogP contribution in [0.2, 0.25) is 0 Å². The van der Waals surface area contributed by atoms with E-state index in [1.54, 1.807) is 0 Å². The third-order valence-electron chi connectivity index (χ3n) is 4.69. The quantitative estimate of drug-likeness (QED) is 0.939. The minimum atomic E-state index is -0.0100. The summed E-state index contributed by atoms with van der Waals surface area (Å²) in [5.41, 5.74) is 8.93. The molecule has 1 heterocycles. The van der Waals surface area contributed by atoms with Gasteiger partial charge in [-0.2, -0.15) is 0 Å². The summed E-state index contributed by atoms with van der Waals surface area (Å²) < 4.78 is 0. The monoisotopic (exact) mass is 291 g/mol. The number of aryl methyl sites for hydroxylation is 1. The normalized spacial score (nSPS) is 21.5. The highest BCUT2D eigenvalue weighted by atomic mass is 15.3. The second-order valence-corrected chi connectivity index (χ2v) is 6.34. The lowest BCUT2D eigenvalue weighted by Crippen LogP contribution is -2.52. The summed E-state index contributed by atoms with van der Waals surface area (Å²) in [5.74, 6) is 0.611. The molecular formula is C19H21N3. The average molecular weight is 291 g/mol. The summed E-state index contributed by atoms with van der Waals surface area (Å²) in [7, 11) is 0. The molecule has 2 atom stereocenters. The highest BCUT2D eigenvalue weighted by Gasteiger charge is 2.37. The van der Waals surface area contributed by atoms with Crippen molar-refractivity contribution in [3.8, 4) is 0 Å². The molecule has 2 aliphatic rings. The van der Waals surface area contributed by atoms with E-state index in [0.717, 1.165) is 11.0 Å². The molecule has 2 aromatic rings. The van der Waals surface area contributed by atoms with E-state index in [2.05, 4.69) is 60.5 Å². The third-order valence-corrected chi connectivity index (χ3v) is 4.69. The second kappa shape index (κ2) is 5.25. The van der Waals surface area contributed by atoms with Crippen LogP contribution in [-0.2, 0) is 0 Å². The molecular weight excluding hydrogens is 270 g/mol. The van der Waals surface area contributed by atoms with Gasteiger partial charge in [0.25, 0.3) is 0 Å². The van der Waals surface area contributed by atoms with Gasteiger partial charge in [-0.1, -0.05) is 30.3 Å². The summed E-state index contributed by atoms with van der Waals surface area (Å²) in [6.07, 6.45) is 4.68. The Morgan fingerprint density at radius 1 is 1.09 bits per heavy atom. The maximum atomic E-state index is 6.52. The molecule has 3 nitrogen and oxygen atoms in total. The van der Waals surface area contributed by atoms with Crippen LogP contribution in [0.5, 0.6) is 0 Å². The van der Waals surface area contributed by atoms with Gasteiger partial charge in [0.1, 0.15) is 6.17 Å². The highest BCUT2D eigenvalue weighted by Crippen LogP contribution is 2.35. The Balaban J connectivity index is 1.87. The molecule has 1 aliphatic carbocycles. The molecule has 2 aromatic carbocycles. The third kappa shape index (κ3) is 2.32. The topological polar surface area (TPSA) is 41.6 Å². The summed E-state index contributed by atoms with van der Waals surface area (Å²) >= 11 is 0. The number of benzene rings is 2. The number of fused-ring (bicyclic) bond motifs is 1. The van der Waals surface area contributed by atoms with Crippen LogP contribution in [0.3, 0.4) is 0 Å². The van der Waals surface area contributed by atoms with E-state index >= 15 is 0 Å². The van der Waals surface area contributed by atoms with Crippen LogP contribution in [0.25, 0.3) is 6.20 Å². The van der Waals surface area contributed by atoms with Crippen LogP contribution in [0.4, 0.5) is 5.69 Å².